The lowest BCUT2D eigenvalue weighted by Gasteiger charge is -2.28. The summed E-state index contributed by atoms with van der Waals surface area (Å²) in [5, 5.41) is 3.66. The Balaban J connectivity index is 1.73. The summed E-state index contributed by atoms with van der Waals surface area (Å²) in [5.74, 6) is 0.813. The van der Waals surface area contributed by atoms with Crippen molar-refractivity contribution in [2.75, 3.05) is 5.32 Å². The number of benzene rings is 1. The monoisotopic (exact) mass is 256 g/mol. The molecule has 1 heterocycles. The molecule has 0 amide bonds. The quantitative estimate of drug-likeness (QED) is 0.888. The molecule has 1 fully saturated rings. The van der Waals surface area contributed by atoms with Crippen molar-refractivity contribution in [2.45, 2.75) is 39.2 Å². The summed E-state index contributed by atoms with van der Waals surface area (Å²) < 4.78 is 5.29. The second-order valence-electron chi connectivity index (χ2n) is 6.02. The third-order valence-corrected chi connectivity index (χ3v) is 4.20. The lowest BCUT2D eigenvalue weighted by Crippen LogP contribution is -2.30. The van der Waals surface area contributed by atoms with Gasteiger partial charge >= 0.3 is 0 Å². The van der Waals surface area contributed by atoms with E-state index in [1.54, 1.807) is 6.20 Å². The van der Waals surface area contributed by atoms with Gasteiger partial charge in [-0.05, 0) is 42.5 Å². The summed E-state index contributed by atoms with van der Waals surface area (Å²) >= 11 is 0. The summed E-state index contributed by atoms with van der Waals surface area (Å²) in [6.07, 6.45) is 7.09. The Kier molecular flexibility index (Phi) is 3.05. The fraction of sp³-hybridized carbons (Fsp3) is 0.438. The summed E-state index contributed by atoms with van der Waals surface area (Å²) in [6.45, 7) is 4.70. The van der Waals surface area contributed by atoms with Crippen LogP contribution in [-0.2, 0) is 0 Å². The van der Waals surface area contributed by atoms with Crippen molar-refractivity contribution in [1.29, 1.82) is 0 Å². The second kappa shape index (κ2) is 4.72. The zero-order chi connectivity index (χ0) is 13.3. The summed E-state index contributed by atoms with van der Waals surface area (Å²) in [7, 11) is 0. The smallest absolute Gasteiger partial charge is 0.181 e. The third kappa shape index (κ3) is 2.50. The molecule has 1 aromatic heterocycles. The van der Waals surface area contributed by atoms with Gasteiger partial charge in [-0.15, -0.1) is 0 Å². The maximum absolute atomic E-state index is 5.29. The predicted octanol–water partition coefficient (Wildman–Crippen LogP) is 4.33. The number of nitrogens with one attached hydrogen (secondary N) is 1. The minimum absolute atomic E-state index is 0.392. The van der Waals surface area contributed by atoms with E-state index in [4.69, 9.17) is 4.42 Å². The largest absolute Gasteiger partial charge is 0.444 e. The number of aromatic nitrogens is 1. The minimum Gasteiger partial charge on any atom is -0.444 e. The molecule has 1 aromatic carbocycles. The fourth-order valence-corrected chi connectivity index (χ4v) is 2.88. The van der Waals surface area contributed by atoms with Gasteiger partial charge in [0, 0.05) is 17.3 Å². The van der Waals surface area contributed by atoms with Crippen LogP contribution in [0.25, 0.3) is 11.3 Å². The van der Waals surface area contributed by atoms with E-state index in [2.05, 4.69) is 48.4 Å². The van der Waals surface area contributed by atoms with Crippen LogP contribution >= 0.6 is 0 Å². The first-order valence-electron chi connectivity index (χ1n) is 6.91. The Hall–Kier alpha value is -1.77. The maximum Gasteiger partial charge on any atom is 0.181 e. The molecule has 2 aromatic rings. The van der Waals surface area contributed by atoms with Crippen LogP contribution in [0, 0.1) is 5.41 Å². The first-order valence-corrected chi connectivity index (χ1v) is 6.91. The number of rotatable bonds is 3. The maximum atomic E-state index is 5.29. The van der Waals surface area contributed by atoms with Crippen LogP contribution in [0.15, 0.2) is 41.3 Å². The number of hydrogen-bond acceptors (Lipinski definition) is 3. The zero-order valence-electron chi connectivity index (χ0n) is 11.5. The van der Waals surface area contributed by atoms with Gasteiger partial charge in [-0.3, -0.25) is 0 Å². The van der Waals surface area contributed by atoms with E-state index < -0.39 is 0 Å². The Bertz CT molecular complexity index is 528. The summed E-state index contributed by atoms with van der Waals surface area (Å²) in [5.41, 5.74) is 2.64. The van der Waals surface area contributed by atoms with Crippen molar-refractivity contribution in [3.05, 3.63) is 36.9 Å². The zero-order valence-corrected chi connectivity index (χ0v) is 11.5. The molecule has 0 aliphatic heterocycles. The number of nitrogens with zero attached hydrogens (tertiary/aromatic N) is 1. The van der Waals surface area contributed by atoms with Crippen LogP contribution in [0.1, 0.15) is 33.1 Å². The summed E-state index contributed by atoms with van der Waals surface area (Å²) in [4.78, 5) is 3.94. The highest BCUT2D eigenvalue weighted by atomic mass is 16.3. The molecule has 3 nitrogen and oxygen atoms in total. The Morgan fingerprint density at radius 1 is 1.26 bits per heavy atom. The van der Waals surface area contributed by atoms with Gasteiger partial charge in [0.05, 0.1) is 6.20 Å². The molecule has 100 valence electrons. The van der Waals surface area contributed by atoms with Gasteiger partial charge in [-0.2, -0.15) is 0 Å². The molecule has 0 radical (unpaired) electrons. The van der Waals surface area contributed by atoms with Gasteiger partial charge in [-0.1, -0.05) is 20.3 Å². The molecule has 3 rings (SSSR count). The number of hydrogen-bond donors (Lipinski definition) is 1. The van der Waals surface area contributed by atoms with Crippen LogP contribution in [-0.4, -0.2) is 11.0 Å². The molecule has 0 saturated heterocycles. The third-order valence-electron chi connectivity index (χ3n) is 4.20. The van der Waals surface area contributed by atoms with E-state index in [1.165, 1.54) is 31.3 Å². The van der Waals surface area contributed by atoms with Gasteiger partial charge < -0.3 is 9.73 Å². The molecule has 0 spiro atoms. The molecular weight excluding hydrogens is 236 g/mol. The highest BCUT2D eigenvalue weighted by Crippen LogP contribution is 2.39. The van der Waals surface area contributed by atoms with Crippen molar-refractivity contribution >= 4 is 5.69 Å². The number of oxazole rings is 1. The van der Waals surface area contributed by atoms with Gasteiger partial charge in [0.15, 0.2) is 12.2 Å². The molecule has 19 heavy (non-hydrogen) atoms. The van der Waals surface area contributed by atoms with E-state index >= 15 is 0 Å². The Morgan fingerprint density at radius 2 is 2.05 bits per heavy atom. The summed E-state index contributed by atoms with van der Waals surface area (Å²) in [6, 6.07) is 8.96. The molecule has 1 unspecified atom stereocenters. The van der Waals surface area contributed by atoms with E-state index in [-0.39, 0.29) is 0 Å². The van der Waals surface area contributed by atoms with E-state index in [1.807, 2.05) is 0 Å². The normalized spacial score (nSPS) is 21.5. The van der Waals surface area contributed by atoms with Crippen molar-refractivity contribution < 1.29 is 4.42 Å². The minimum atomic E-state index is 0.392. The average Bonchev–Trinajstić information content (AvgIpc) is 3.01. The SMILES string of the molecule is CC1(C)CCCC1Nc1ccc(-c2cnco2)cc1. The molecule has 1 saturated carbocycles. The topological polar surface area (TPSA) is 38.1 Å². The molecule has 3 heteroatoms. The number of anilines is 1. The lowest BCUT2D eigenvalue weighted by atomic mass is 9.87. The van der Waals surface area contributed by atoms with Crippen molar-refractivity contribution in [3.63, 3.8) is 0 Å². The molecule has 0 bridgehead atoms. The van der Waals surface area contributed by atoms with E-state index in [9.17, 15) is 0 Å². The van der Waals surface area contributed by atoms with Crippen LogP contribution in [0.2, 0.25) is 0 Å². The molecular formula is C16H20N2O. The van der Waals surface area contributed by atoms with E-state index in [0.717, 1.165) is 11.3 Å². The van der Waals surface area contributed by atoms with Gasteiger partial charge in [0.2, 0.25) is 0 Å². The van der Waals surface area contributed by atoms with E-state index in [0.29, 0.717) is 11.5 Å². The molecule has 1 aliphatic rings. The Morgan fingerprint density at radius 3 is 2.63 bits per heavy atom. The highest BCUT2D eigenvalue weighted by Gasteiger charge is 2.34. The first kappa shape index (κ1) is 12.3. The van der Waals surface area contributed by atoms with Crippen molar-refractivity contribution in [2.24, 2.45) is 5.41 Å². The molecule has 1 atom stereocenters. The molecule has 1 N–H and O–H groups in total. The van der Waals surface area contributed by atoms with Gasteiger partial charge in [0.25, 0.3) is 0 Å². The molecule has 1 aliphatic carbocycles. The van der Waals surface area contributed by atoms with Crippen LogP contribution in [0.3, 0.4) is 0 Å². The second-order valence-corrected chi connectivity index (χ2v) is 6.02. The van der Waals surface area contributed by atoms with Gasteiger partial charge in [-0.25, -0.2) is 4.98 Å². The average molecular weight is 256 g/mol. The standard InChI is InChI=1S/C16H20N2O/c1-16(2)9-3-4-15(16)18-13-7-5-12(6-8-13)14-10-17-11-19-14/h5-8,10-11,15,18H,3-4,9H2,1-2H3. The first-order chi connectivity index (χ1) is 9.15. The van der Waals surface area contributed by atoms with Crippen LogP contribution < -0.4 is 5.32 Å². The fourth-order valence-electron chi connectivity index (χ4n) is 2.88. The van der Waals surface area contributed by atoms with Crippen molar-refractivity contribution in [3.8, 4) is 11.3 Å². The van der Waals surface area contributed by atoms with Crippen LogP contribution in [0.4, 0.5) is 5.69 Å². The van der Waals surface area contributed by atoms with Crippen LogP contribution in [0.5, 0.6) is 0 Å². The Labute approximate surface area is 114 Å². The lowest BCUT2D eigenvalue weighted by molar-refractivity contribution is 0.350. The van der Waals surface area contributed by atoms with Crippen molar-refractivity contribution in [1.82, 2.24) is 4.98 Å². The highest BCUT2D eigenvalue weighted by molar-refractivity contribution is 5.60. The van der Waals surface area contributed by atoms with Gasteiger partial charge in [0.1, 0.15) is 0 Å². The predicted molar refractivity (Wildman–Crippen MR) is 77.0 cm³/mol.